The number of piperidine rings is 1. The number of carbonyl (C=O) groups excluding carboxylic acids is 1. The number of β-amino-alcohol motifs (C(OH)–C–C–N with tert-alkyl or cyclic N) is 1. The number of rotatable bonds is 5. The third-order valence-corrected chi connectivity index (χ3v) is 6.69. The van der Waals surface area contributed by atoms with E-state index in [2.05, 4.69) is 36.8 Å². The highest BCUT2D eigenvalue weighted by Gasteiger charge is 2.36. The van der Waals surface area contributed by atoms with Crippen LogP contribution in [0, 0.1) is 16.7 Å². The molecule has 5 heterocycles. The second kappa shape index (κ2) is 12.0. The van der Waals surface area contributed by atoms with Gasteiger partial charge < -0.3 is 15.3 Å². The number of hydrogen-bond donors (Lipinski definition) is 2. The fraction of sp³-hybridized carbons (Fsp3) is 0.483. The molecule has 1 unspecified atom stereocenters. The van der Waals surface area contributed by atoms with Gasteiger partial charge in [-0.2, -0.15) is 15.0 Å². The SMILES string of the molecule is CC.CC(C)Nc1cc(-n2ncc3cc(C#N)cnc32)ncc1-c1cn(C2CCN(C(=O)C(C)(C)C)C[C@H]2O)nn1. The maximum absolute atomic E-state index is 12.7. The van der Waals surface area contributed by atoms with Crippen LogP contribution in [0.3, 0.4) is 0 Å². The fourth-order valence-electron chi connectivity index (χ4n) is 4.79. The van der Waals surface area contributed by atoms with Crippen molar-refractivity contribution in [3.05, 3.63) is 42.5 Å². The Hall–Kier alpha value is -4.37. The van der Waals surface area contributed by atoms with Crippen LogP contribution in [0.15, 0.2) is 36.9 Å². The molecule has 2 N–H and O–H groups in total. The van der Waals surface area contributed by atoms with Crippen molar-refractivity contribution in [2.75, 3.05) is 18.4 Å². The molecule has 216 valence electrons. The molecule has 4 aromatic heterocycles. The molecule has 1 fully saturated rings. The Morgan fingerprint density at radius 1 is 1.17 bits per heavy atom. The summed E-state index contributed by atoms with van der Waals surface area (Å²) < 4.78 is 3.31. The zero-order valence-corrected chi connectivity index (χ0v) is 24.7. The van der Waals surface area contributed by atoms with Gasteiger partial charge in [0.25, 0.3) is 0 Å². The van der Waals surface area contributed by atoms with E-state index in [1.807, 2.05) is 60.7 Å². The number of aliphatic hydroxyl groups is 1. The molecule has 1 aliphatic rings. The minimum atomic E-state index is -0.754. The van der Waals surface area contributed by atoms with Crippen molar-refractivity contribution in [3.63, 3.8) is 0 Å². The predicted molar refractivity (Wildman–Crippen MR) is 156 cm³/mol. The Kier molecular flexibility index (Phi) is 8.68. The molecule has 0 aliphatic carbocycles. The van der Waals surface area contributed by atoms with E-state index in [0.717, 1.165) is 16.6 Å². The van der Waals surface area contributed by atoms with Crippen LogP contribution in [0.25, 0.3) is 28.1 Å². The Morgan fingerprint density at radius 2 is 1.93 bits per heavy atom. The first-order valence-corrected chi connectivity index (χ1v) is 14.0. The largest absolute Gasteiger partial charge is 0.389 e. The van der Waals surface area contributed by atoms with Crippen LogP contribution in [0.5, 0.6) is 0 Å². The molecular formula is C29H38N10O2. The number of amides is 1. The maximum Gasteiger partial charge on any atom is 0.228 e. The van der Waals surface area contributed by atoms with Crippen LogP contribution in [-0.4, -0.2) is 75.9 Å². The maximum atomic E-state index is 12.7. The van der Waals surface area contributed by atoms with Crippen LogP contribution in [0.2, 0.25) is 0 Å². The summed E-state index contributed by atoms with van der Waals surface area (Å²) in [5.41, 5.74) is 2.73. The Balaban J connectivity index is 0.00000189. The molecule has 0 spiro atoms. The van der Waals surface area contributed by atoms with E-state index >= 15 is 0 Å². The van der Waals surface area contributed by atoms with Gasteiger partial charge >= 0.3 is 0 Å². The van der Waals surface area contributed by atoms with Crippen molar-refractivity contribution in [2.45, 2.75) is 73.1 Å². The van der Waals surface area contributed by atoms with Crippen molar-refractivity contribution in [1.29, 1.82) is 5.26 Å². The number of aromatic nitrogens is 7. The standard InChI is InChI=1S/C27H32N10O2.C2H6/c1-16(2)32-20-9-24(37-25-18(12-31-37)8-17(10-28)11-30-25)29-13-19(20)21-14-36(34-33-21)22-6-7-35(15-23(22)38)26(39)27(3,4)5;1-2/h8-9,11-14,16,22-23,38H,6-7,15H2,1-5H3,(H,29,32);1-2H3/t22?,23-;/m1./s1. The van der Waals surface area contributed by atoms with Crippen molar-refractivity contribution < 1.29 is 9.90 Å². The third-order valence-electron chi connectivity index (χ3n) is 6.69. The average Bonchev–Trinajstić information content (AvgIpc) is 3.60. The normalized spacial score (nSPS) is 17.2. The molecule has 0 saturated carbocycles. The number of nitrogens with zero attached hydrogens (tertiary/aromatic N) is 9. The number of hydrogen-bond acceptors (Lipinski definition) is 9. The molecule has 41 heavy (non-hydrogen) atoms. The molecule has 1 saturated heterocycles. The van der Waals surface area contributed by atoms with E-state index in [1.165, 1.54) is 6.20 Å². The van der Waals surface area contributed by atoms with E-state index in [-0.39, 0.29) is 24.5 Å². The van der Waals surface area contributed by atoms with Gasteiger partial charge in [0.1, 0.15) is 11.8 Å². The van der Waals surface area contributed by atoms with E-state index in [1.54, 1.807) is 32.7 Å². The van der Waals surface area contributed by atoms with Gasteiger partial charge in [0.2, 0.25) is 5.91 Å². The highest BCUT2D eigenvalue weighted by molar-refractivity contribution is 5.82. The summed E-state index contributed by atoms with van der Waals surface area (Å²) in [6.45, 7) is 14.5. The molecule has 5 rings (SSSR count). The summed E-state index contributed by atoms with van der Waals surface area (Å²) >= 11 is 0. The number of nitriles is 1. The van der Waals surface area contributed by atoms with E-state index < -0.39 is 11.5 Å². The smallest absolute Gasteiger partial charge is 0.228 e. The summed E-state index contributed by atoms with van der Waals surface area (Å²) in [7, 11) is 0. The van der Waals surface area contributed by atoms with Crippen LogP contribution in [0.1, 0.15) is 66.5 Å². The molecule has 12 nitrogen and oxygen atoms in total. The summed E-state index contributed by atoms with van der Waals surface area (Å²) in [6, 6.07) is 5.56. The molecule has 0 aromatic carbocycles. The lowest BCUT2D eigenvalue weighted by atomic mass is 9.92. The molecule has 1 aliphatic heterocycles. The zero-order valence-electron chi connectivity index (χ0n) is 24.7. The Morgan fingerprint density at radius 3 is 2.59 bits per heavy atom. The third kappa shape index (κ3) is 6.20. The zero-order chi connectivity index (χ0) is 29.9. The number of carbonyl (C=O) groups is 1. The lowest BCUT2D eigenvalue weighted by Gasteiger charge is -2.38. The summed E-state index contributed by atoms with van der Waals surface area (Å²) in [5.74, 6) is 0.591. The second-order valence-corrected chi connectivity index (χ2v) is 11.2. The van der Waals surface area contributed by atoms with Crippen LogP contribution in [0.4, 0.5) is 5.69 Å². The summed E-state index contributed by atoms with van der Waals surface area (Å²) in [5, 5.41) is 37.4. The van der Waals surface area contributed by atoms with Gasteiger partial charge in [-0.25, -0.2) is 14.6 Å². The second-order valence-electron chi connectivity index (χ2n) is 11.2. The molecule has 12 heteroatoms. The van der Waals surface area contributed by atoms with E-state index in [4.69, 9.17) is 5.26 Å². The number of likely N-dealkylation sites (tertiary alicyclic amines) is 1. The van der Waals surface area contributed by atoms with E-state index in [9.17, 15) is 9.90 Å². The van der Waals surface area contributed by atoms with Crippen LogP contribution >= 0.6 is 0 Å². The number of nitrogens with one attached hydrogen (secondary N) is 1. The average molecular weight is 559 g/mol. The number of fused-ring (bicyclic) bond motifs is 1. The van der Waals surface area contributed by atoms with Gasteiger partial charge in [-0.1, -0.05) is 39.8 Å². The number of pyridine rings is 2. The van der Waals surface area contributed by atoms with Gasteiger partial charge in [0, 0.05) is 59.6 Å². The lowest BCUT2D eigenvalue weighted by Crippen LogP contribution is -2.50. The van der Waals surface area contributed by atoms with Crippen molar-refractivity contribution >= 4 is 22.6 Å². The van der Waals surface area contributed by atoms with Gasteiger partial charge in [-0.05, 0) is 26.3 Å². The first-order valence-electron chi connectivity index (χ1n) is 14.0. The highest BCUT2D eigenvalue weighted by atomic mass is 16.3. The Labute approximate surface area is 240 Å². The minimum absolute atomic E-state index is 0.0282. The monoisotopic (exact) mass is 558 g/mol. The number of aliphatic hydroxyl groups excluding tert-OH is 1. The van der Waals surface area contributed by atoms with Crippen molar-refractivity contribution in [2.24, 2.45) is 5.41 Å². The van der Waals surface area contributed by atoms with Crippen LogP contribution < -0.4 is 5.32 Å². The van der Waals surface area contributed by atoms with Crippen LogP contribution in [-0.2, 0) is 4.79 Å². The quantitative estimate of drug-likeness (QED) is 0.371. The molecule has 2 atom stereocenters. The van der Waals surface area contributed by atoms with Gasteiger partial charge in [-0.15, -0.1) is 5.10 Å². The van der Waals surface area contributed by atoms with Crippen molar-refractivity contribution in [3.8, 4) is 23.1 Å². The predicted octanol–water partition coefficient (Wildman–Crippen LogP) is 3.97. The van der Waals surface area contributed by atoms with E-state index in [0.29, 0.717) is 35.7 Å². The van der Waals surface area contributed by atoms with Gasteiger partial charge in [0.15, 0.2) is 11.5 Å². The molecule has 4 aromatic rings. The molecular weight excluding hydrogens is 520 g/mol. The fourth-order valence-corrected chi connectivity index (χ4v) is 4.79. The highest BCUT2D eigenvalue weighted by Crippen LogP contribution is 2.31. The topological polar surface area (TPSA) is 151 Å². The van der Waals surface area contributed by atoms with Crippen molar-refractivity contribution in [1.82, 2.24) is 39.6 Å². The van der Waals surface area contributed by atoms with Gasteiger partial charge in [-0.3, -0.25) is 4.79 Å². The first kappa shape index (κ1) is 29.6. The Bertz CT molecular complexity index is 1560. The summed E-state index contributed by atoms with van der Waals surface area (Å²) in [4.78, 5) is 23.4. The molecule has 0 radical (unpaired) electrons. The summed E-state index contributed by atoms with van der Waals surface area (Å²) in [6.07, 6.45) is 6.52. The molecule has 1 amide bonds. The first-order chi connectivity index (χ1) is 19.5. The number of anilines is 1. The van der Waals surface area contributed by atoms with Gasteiger partial charge in [0.05, 0.1) is 30.1 Å². The minimum Gasteiger partial charge on any atom is -0.389 e. The lowest BCUT2D eigenvalue weighted by molar-refractivity contribution is -0.143. The molecule has 0 bridgehead atoms.